The van der Waals surface area contributed by atoms with Gasteiger partial charge in [-0.1, -0.05) is 60.7 Å². The number of aromatic nitrogens is 4. The van der Waals surface area contributed by atoms with E-state index in [2.05, 4.69) is 77.5 Å². The molecule has 0 fully saturated rings. The number of rotatable bonds is 8. The first-order valence-electron chi connectivity index (χ1n) is 11.1. The quantitative estimate of drug-likeness (QED) is 0.347. The van der Waals surface area contributed by atoms with Crippen LogP contribution in [0, 0.1) is 0 Å². The van der Waals surface area contributed by atoms with Gasteiger partial charge in [0.25, 0.3) is 5.56 Å². The number of hydrogen-bond acceptors (Lipinski definition) is 6. The number of ether oxygens (including phenoxy) is 1. The maximum Gasteiger partial charge on any atom is 0.333 e. The van der Waals surface area contributed by atoms with E-state index in [9.17, 15) is 14.4 Å². The minimum absolute atomic E-state index is 0.00153. The maximum atomic E-state index is 11.8. The van der Waals surface area contributed by atoms with Gasteiger partial charge in [0.1, 0.15) is 12.6 Å². The Morgan fingerprint density at radius 2 is 1.64 bits per heavy atom. The average Bonchev–Trinajstić information content (AvgIpc) is 3.26. The van der Waals surface area contributed by atoms with Gasteiger partial charge in [0, 0.05) is 13.6 Å². The second-order valence-corrected chi connectivity index (χ2v) is 8.59. The highest BCUT2D eigenvalue weighted by molar-refractivity contribution is 6.28. The number of fused-ring (bicyclic) bond motifs is 1. The van der Waals surface area contributed by atoms with Crippen LogP contribution in [-0.2, 0) is 23.1 Å². The molecule has 4 aromatic rings. The fourth-order valence-electron chi connectivity index (χ4n) is 3.49. The maximum absolute atomic E-state index is 11.8. The van der Waals surface area contributed by atoms with Crippen molar-refractivity contribution in [2.24, 2.45) is 7.05 Å². The molecule has 4 rings (SSSR count). The van der Waals surface area contributed by atoms with Crippen LogP contribution in [0.4, 0.5) is 0 Å². The molecular weight excluding hydrogens is 486 g/mol. The molecule has 0 saturated carbocycles. The van der Waals surface area contributed by atoms with Gasteiger partial charge in [0.2, 0.25) is 5.28 Å². The molecule has 0 aliphatic rings. The number of hydrogen-bond donors (Lipinski definition) is 2. The predicted octanol–water partition coefficient (Wildman–Crippen LogP) is 2.52. The molecule has 0 unspecified atom stereocenters. The van der Waals surface area contributed by atoms with Gasteiger partial charge in [0.05, 0.1) is 6.61 Å². The van der Waals surface area contributed by atoms with Gasteiger partial charge in [0.15, 0.2) is 11.2 Å². The standard InChI is InChI=1S/C17H21NO.C8H7ClN4O4/c1-18(2)13-14-19-17(15-9-5-3-6-10-15)16-11-7-4-8-12-16;1-12-5-4(10-7(9)11-5)6(16)13(8(12)17)2-3(14)15/h3-12,17H,13-14H2,1-2H3;2H2,1H3,(H,10,11)(H,14,15). The third-order valence-corrected chi connectivity index (χ3v) is 5.45. The Bertz CT molecular complexity index is 1370. The minimum Gasteiger partial charge on any atom is -0.480 e. The largest absolute Gasteiger partial charge is 0.480 e. The van der Waals surface area contributed by atoms with Crippen LogP contribution in [0.1, 0.15) is 17.2 Å². The van der Waals surface area contributed by atoms with Crippen molar-refractivity contribution in [3.05, 3.63) is 97.9 Å². The average molecular weight is 514 g/mol. The molecule has 0 aliphatic heterocycles. The SMILES string of the molecule is CN(C)CCOC(c1ccccc1)c1ccccc1.Cn1c(=O)n(CC(=O)O)c(=O)c2[nH]c(Cl)nc21. The summed E-state index contributed by atoms with van der Waals surface area (Å²) in [5.41, 5.74) is 0.975. The van der Waals surface area contributed by atoms with Crippen molar-refractivity contribution < 1.29 is 14.6 Å². The summed E-state index contributed by atoms with van der Waals surface area (Å²) in [6, 6.07) is 20.8. The predicted molar refractivity (Wildman–Crippen MR) is 137 cm³/mol. The number of likely N-dealkylation sites (N-methyl/N-ethyl adjacent to an activating group) is 1. The van der Waals surface area contributed by atoms with Crippen molar-refractivity contribution in [3.8, 4) is 0 Å². The Kier molecular flexibility index (Phi) is 9.18. The first kappa shape index (κ1) is 26.9. The molecule has 36 heavy (non-hydrogen) atoms. The lowest BCUT2D eigenvalue weighted by Crippen LogP contribution is -2.40. The van der Waals surface area contributed by atoms with Crippen LogP contribution in [0.5, 0.6) is 0 Å². The number of carbonyl (C=O) groups is 1. The summed E-state index contributed by atoms with van der Waals surface area (Å²) in [5.74, 6) is -1.28. The molecule has 0 radical (unpaired) electrons. The van der Waals surface area contributed by atoms with Crippen molar-refractivity contribution >= 4 is 28.7 Å². The molecule has 0 aliphatic carbocycles. The van der Waals surface area contributed by atoms with E-state index in [1.807, 2.05) is 12.1 Å². The smallest absolute Gasteiger partial charge is 0.333 e. The number of carboxylic acid groups (broad SMARTS) is 1. The molecular formula is C25H28ClN5O5. The first-order valence-corrected chi connectivity index (χ1v) is 11.5. The molecule has 0 amide bonds. The van der Waals surface area contributed by atoms with Crippen molar-refractivity contribution in [1.29, 1.82) is 0 Å². The topological polar surface area (TPSA) is 122 Å². The second-order valence-electron chi connectivity index (χ2n) is 8.23. The molecule has 0 bridgehead atoms. The Morgan fingerprint density at radius 3 is 2.14 bits per heavy atom. The van der Waals surface area contributed by atoms with Gasteiger partial charge in [-0.05, 0) is 36.8 Å². The van der Waals surface area contributed by atoms with Gasteiger partial charge >= 0.3 is 11.7 Å². The Hall–Kier alpha value is -3.73. The van der Waals surface area contributed by atoms with Crippen molar-refractivity contribution in [1.82, 2.24) is 24.0 Å². The summed E-state index contributed by atoms with van der Waals surface area (Å²) in [6.07, 6.45) is 0.0161. The summed E-state index contributed by atoms with van der Waals surface area (Å²) < 4.78 is 7.74. The van der Waals surface area contributed by atoms with E-state index in [4.69, 9.17) is 21.4 Å². The third-order valence-electron chi connectivity index (χ3n) is 5.27. The summed E-state index contributed by atoms with van der Waals surface area (Å²) >= 11 is 5.59. The van der Waals surface area contributed by atoms with Crippen LogP contribution in [0.25, 0.3) is 11.2 Å². The Labute approximate surface area is 212 Å². The van der Waals surface area contributed by atoms with Crippen LogP contribution in [0.2, 0.25) is 5.28 Å². The van der Waals surface area contributed by atoms with E-state index >= 15 is 0 Å². The molecule has 0 saturated heterocycles. The zero-order chi connectivity index (χ0) is 26.2. The first-order chi connectivity index (χ1) is 17.2. The van der Waals surface area contributed by atoms with E-state index in [1.54, 1.807) is 0 Å². The highest BCUT2D eigenvalue weighted by atomic mass is 35.5. The molecule has 2 N–H and O–H groups in total. The van der Waals surface area contributed by atoms with Gasteiger partial charge < -0.3 is 19.7 Å². The van der Waals surface area contributed by atoms with Gasteiger partial charge in [-0.25, -0.2) is 9.36 Å². The van der Waals surface area contributed by atoms with E-state index in [1.165, 1.54) is 18.2 Å². The Morgan fingerprint density at radius 1 is 1.08 bits per heavy atom. The number of aliphatic carboxylic acids is 1. The van der Waals surface area contributed by atoms with Crippen LogP contribution in [0.15, 0.2) is 70.3 Å². The molecule has 11 heteroatoms. The monoisotopic (exact) mass is 513 g/mol. The minimum atomic E-state index is -1.28. The normalized spacial score (nSPS) is 11.1. The zero-order valence-electron chi connectivity index (χ0n) is 20.2. The van der Waals surface area contributed by atoms with Crippen molar-refractivity contribution in [3.63, 3.8) is 0 Å². The molecule has 0 atom stereocenters. The molecule has 0 spiro atoms. The molecule has 2 heterocycles. The lowest BCUT2D eigenvalue weighted by atomic mass is 10.0. The van der Waals surface area contributed by atoms with Crippen molar-refractivity contribution in [2.75, 3.05) is 27.2 Å². The molecule has 190 valence electrons. The highest BCUT2D eigenvalue weighted by Gasteiger charge is 2.16. The fraction of sp³-hybridized carbons (Fsp3) is 0.280. The summed E-state index contributed by atoms with van der Waals surface area (Å²) in [7, 11) is 5.49. The van der Waals surface area contributed by atoms with E-state index < -0.39 is 23.8 Å². The van der Waals surface area contributed by atoms with E-state index in [0.29, 0.717) is 4.57 Å². The van der Waals surface area contributed by atoms with E-state index in [-0.39, 0.29) is 22.6 Å². The number of imidazole rings is 1. The summed E-state index contributed by atoms with van der Waals surface area (Å²) in [5, 5.41) is 8.58. The third kappa shape index (κ3) is 6.69. The van der Waals surface area contributed by atoms with Crippen LogP contribution in [0.3, 0.4) is 0 Å². The summed E-state index contributed by atoms with van der Waals surface area (Å²) in [6.45, 7) is 0.940. The van der Waals surface area contributed by atoms with Crippen LogP contribution >= 0.6 is 11.6 Å². The number of carboxylic acids is 1. The molecule has 2 aromatic carbocycles. The van der Waals surface area contributed by atoms with Crippen LogP contribution in [-0.4, -0.2) is 62.3 Å². The lowest BCUT2D eigenvalue weighted by Gasteiger charge is -2.20. The lowest BCUT2D eigenvalue weighted by molar-refractivity contribution is -0.137. The van der Waals surface area contributed by atoms with E-state index in [0.717, 1.165) is 17.7 Å². The van der Waals surface area contributed by atoms with Gasteiger partial charge in [-0.2, -0.15) is 4.98 Å². The highest BCUT2D eigenvalue weighted by Crippen LogP contribution is 2.25. The zero-order valence-corrected chi connectivity index (χ0v) is 21.0. The van der Waals surface area contributed by atoms with Gasteiger partial charge in [-0.15, -0.1) is 0 Å². The second kappa shape index (κ2) is 12.3. The number of nitrogens with one attached hydrogen (secondary N) is 1. The summed E-state index contributed by atoms with van der Waals surface area (Å²) in [4.78, 5) is 42.5. The fourth-order valence-corrected chi connectivity index (χ4v) is 3.66. The van der Waals surface area contributed by atoms with Gasteiger partial charge in [-0.3, -0.25) is 14.2 Å². The Balaban J connectivity index is 0.000000202. The number of aromatic amines is 1. The number of benzene rings is 2. The number of nitrogens with zero attached hydrogens (tertiary/aromatic N) is 4. The number of aryl methyl sites for hydroxylation is 1. The number of halogens is 1. The number of H-pyrrole nitrogens is 1. The molecule has 10 nitrogen and oxygen atoms in total. The van der Waals surface area contributed by atoms with Crippen molar-refractivity contribution in [2.45, 2.75) is 12.6 Å². The molecule has 2 aromatic heterocycles. The van der Waals surface area contributed by atoms with Crippen LogP contribution < -0.4 is 11.2 Å².